The lowest BCUT2D eigenvalue weighted by molar-refractivity contribution is 1.19. The third kappa shape index (κ3) is 1.52. The minimum absolute atomic E-state index is 0.507. The quantitative estimate of drug-likeness (QED) is 0.502. The third-order valence-electron chi connectivity index (χ3n) is 1.20. The second-order valence-corrected chi connectivity index (χ2v) is 2.29. The van der Waals surface area contributed by atoms with Crippen LogP contribution in [0, 0.1) is 0 Å². The largest absolute Gasteiger partial charge is 0.251 e. The standard InChI is InChI=1S/C6H9BN2/c1-7(2)6-3-4-8-5-9-6/h3-5H,1-2H3. The summed E-state index contributed by atoms with van der Waals surface area (Å²) in [4.78, 5) is 7.88. The molecule has 1 heterocycles. The first kappa shape index (κ1) is 6.27. The molecule has 0 unspecified atom stereocenters. The van der Waals surface area contributed by atoms with Crippen molar-refractivity contribution >= 4 is 12.3 Å². The van der Waals surface area contributed by atoms with Crippen molar-refractivity contribution in [2.75, 3.05) is 0 Å². The van der Waals surface area contributed by atoms with Crippen molar-refractivity contribution in [1.82, 2.24) is 9.97 Å². The lowest BCUT2D eigenvalue weighted by atomic mass is 9.52. The van der Waals surface area contributed by atoms with E-state index in [1.807, 2.05) is 6.07 Å². The molecule has 0 radical (unpaired) electrons. The molecule has 0 fully saturated rings. The van der Waals surface area contributed by atoms with E-state index in [-0.39, 0.29) is 0 Å². The van der Waals surface area contributed by atoms with Gasteiger partial charge in [0.05, 0.1) is 0 Å². The third-order valence-corrected chi connectivity index (χ3v) is 1.20. The van der Waals surface area contributed by atoms with E-state index in [4.69, 9.17) is 0 Å². The number of rotatable bonds is 1. The van der Waals surface area contributed by atoms with Crippen molar-refractivity contribution in [1.29, 1.82) is 0 Å². The minimum Gasteiger partial charge on any atom is -0.251 e. The Kier molecular flexibility index (Phi) is 1.83. The molecule has 0 bridgehead atoms. The van der Waals surface area contributed by atoms with Crippen molar-refractivity contribution < 1.29 is 0 Å². The molecule has 9 heavy (non-hydrogen) atoms. The van der Waals surface area contributed by atoms with Crippen LogP contribution in [0.1, 0.15) is 0 Å². The zero-order chi connectivity index (χ0) is 6.69. The summed E-state index contributed by atoms with van der Waals surface area (Å²) < 4.78 is 0. The van der Waals surface area contributed by atoms with E-state index in [9.17, 15) is 0 Å². The van der Waals surface area contributed by atoms with Crippen LogP contribution in [0.4, 0.5) is 0 Å². The predicted octanol–water partition coefficient (Wildman–Crippen LogP) is 0.438. The van der Waals surface area contributed by atoms with E-state index in [1.165, 1.54) is 0 Å². The Balaban J connectivity index is 2.85. The van der Waals surface area contributed by atoms with Crippen LogP contribution >= 0.6 is 0 Å². The summed E-state index contributed by atoms with van der Waals surface area (Å²) >= 11 is 0. The summed E-state index contributed by atoms with van der Waals surface area (Å²) in [6.45, 7) is 4.73. The van der Waals surface area contributed by atoms with Crippen LogP contribution in [0.3, 0.4) is 0 Å². The van der Waals surface area contributed by atoms with Crippen molar-refractivity contribution in [2.24, 2.45) is 0 Å². The number of hydrogen-bond donors (Lipinski definition) is 0. The molecule has 0 aliphatic carbocycles. The van der Waals surface area contributed by atoms with Gasteiger partial charge in [-0.05, 0) is 6.07 Å². The highest BCUT2D eigenvalue weighted by Crippen LogP contribution is 1.78. The molecule has 0 saturated carbocycles. The van der Waals surface area contributed by atoms with Gasteiger partial charge in [0.15, 0.2) is 6.71 Å². The van der Waals surface area contributed by atoms with Gasteiger partial charge in [-0.1, -0.05) is 13.6 Å². The Morgan fingerprint density at radius 3 is 2.56 bits per heavy atom. The van der Waals surface area contributed by atoms with E-state index in [0.29, 0.717) is 6.71 Å². The van der Waals surface area contributed by atoms with E-state index >= 15 is 0 Å². The average molecular weight is 120 g/mol. The lowest BCUT2D eigenvalue weighted by Gasteiger charge is -1.96. The molecule has 0 amide bonds. The average Bonchev–Trinajstić information content (AvgIpc) is 1.90. The van der Waals surface area contributed by atoms with Gasteiger partial charge in [0.1, 0.15) is 6.33 Å². The van der Waals surface area contributed by atoms with Crippen LogP contribution < -0.4 is 5.59 Å². The van der Waals surface area contributed by atoms with Crippen LogP contribution in [-0.2, 0) is 0 Å². The number of aromatic nitrogens is 2. The first-order valence-corrected chi connectivity index (χ1v) is 3.06. The van der Waals surface area contributed by atoms with Crippen LogP contribution in [0.15, 0.2) is 18.6 Å². The summed E-state index contributed by atoms with van der Waals surface area (Å²) in [5.41, 5.74) is 1.10. The van der Waals surface area contributed by atoms with E-state index in [2.05, 4.69) is 23.6 Å². The van der Waals surface area contributed by atoms with Crippen LogP contribution in [0.25, 0.3) is 0 Å². The molecule has 0 atom stereocenters. The maximum absolute atomic E-state index is 4.07. The van der Waals surface area contributed by atoms with Crippen LogP contribution in [-0.4, -0.2) is 16.7 Å². The summed E-state index contributed by atoms with van der Waals surface area (Å²) in [7, 11) is 0. The first-order chi connectivity index (χ1) is 4.30. The molecule has 0 N–H and O–H groups in total. The van der Waals surface area contributed by atoms with Gasteiger partial charge in [0.25, 0.3) is 0 Å². The second kappa shape index (κ2) is 2.62. The molecule has 3 heteroatoms. The zero-order valence-corrected chi connectivity index (χ0v) is 5.70. The normalized spacial score (nSPS) is 9.11. The topological polar surface area (TPSA) is 25.8 Å². The lowest BCUT2D eigenvalue weighted by Crippen LogP contribution is -2.25. The molecule has 1 aromatic rings. The molecule has 2 nitrogen and oxygen atoms in total. The molecule has 1 rings (SSSR count). The molecule has 46 valence electrons. The van der Waals surface area contributed by atoms with Gasteiger partial charge in [-0.3, -0.25) is 4.98 Å². The van der Waals surface area contributed by atoms with E-state index < -0.39 is 0 Å². The Morgan fingerprint density at radius 1 is 1.44 bits per heavy atom. The van der Waals surface area contributed by atoms with Crippen molar-refractivity contribution in [2.45, 2.75) is 13.6 Å². The van der Waals surface area contributed by atoms with Crippen LogP contribution in [0.5, 0.6) is 0 Å². The fourth-order valence-corrected chi connectivity index (χ4v) is 0.642. The molecule has 1 aromatic heterocycles. The molecular formula is C6H9BN2. The van der Waals surface area contributed by atoms with E-state index in [1.54, 1.807) is 12.5 Å². The Labute approximate surface area is 55.4 Å². The van der Waals surface area contributed by atoms with Gasteiger partial charge in [-0.25, -0.2) is 4.98 Å². The monoisotopic (exact) mass is 120 g/mol. The molecule has 0 spiro atoms. The maximum atomic E-state index is 4.07. The molecule has 0 aliphatic rings. The Bertz CT molecular complexity index is 174. The maximum Gasteiger partial charge on any atom is 0.194 e. The number of hydrogen-bond acceptors (Lipinski definition) is 2. The fourth-order valence-electron chi connectivity index (χ4n) is 0.642. The van der Waals surface area contributed by atoms with Gasteiger partial charge in [0, 0.05) is 11.8 Å². The Hall–Kier alpha value is -0.855. The van der Waals surface area contributed by atoms with Crippen molar-refractivity contribution in [3.63, 3.8) is 0 Å². The highest BCUT2D eigenvalue weighted by molar-refractivity contribution is 6.69. The summed E-state index contributed by atoms with van der Waals surface area (Å²) in [6.07, 6.45) is 3.34. The number of nitrogens with zero attached hydrogens (tertiary/aromatic N) is 2. The zero-order valence-electron chi connectivity index (χ0n) is 5.70. The van der Waals surface area contributed by atoms with Gasteiger partial charge < -0.3 is 0 Å². The fraction of sp³-hybridized carbons (Fsp3) is 0.333. The molecule has 0 aliphatic heterocycles. The van der Waals surface area contributed by atoms with Gasteiger partial charge in [0.2, 0.25) is 0 Å². The summed E-state index contributed by atoms with van der Waals surface area (Å²) in [5.74, 6) is 0. The predicted molar refractivity (Wildman–Crippen MR) is 39.1 cm³/mol. The molecule has 0 aromatic carbocycles. The van der Waals surface area contributed by atoms with Gasteiger partial charge in [-0.15, -0.1) is 0 Å². The van der Waals surface area contributed by atoms with Gasteiger partial charge >= 0.3 is 0 Å². The second-order valence-electron chi connectivity index (χ2n) is 2.29. The van der Waals surface area contributed by atoms with Crippen molar-refractivity contribution in [3.05, 3.63) is 18.6 Å². The smallest absolute Gasteiger partial charge is 0.194 e. The van der Waals surface area contributed by atoms with Crippen LogP contribution in [0.2, 0.25) is 13.6 Å². The highest BCUT2D eigenvalue weighted by Gasteiger charge is 2.01. The highest BCUT2D eigenvalue weighted by atomic mass is 14.8. The molecule has 0 saturated heterocycles. The first-order valence-electron chi connectivity index (χ1n) is 3.06. The SMILES string of the molecule is CB(C)c1ccncn1. The van der Waals surface area contributed by atoms with E-state index in [0.717, 1.165) is 5.59 Å². The van der Waals surface area contributed by atoms with Crippen molar-refractivity contribution in [3.8, 4) is 0 Å². The Morgan fingerprint density at radius 2 is 2.22 bits per heavy atom. The van der Waals surface area contributed by atoms with Gasteiger partial charge in [-0.2, -0.15) is 0 Å². The summed E-state index contributed by atoms with van der Waals surface area (Å²) in [5, 5.41) is 0. The summed E-state index contributed by atoms with van der Waals surface area (Å²) in [6, 6.07) is 1.94. The molecular weight excluding hydrogens is 111 g/mol. The minimum atomic E-state index is 0.507.